The second-order valence-electron chi connectivity index (χ2n) is 7.50. The zero-order valence-electron chi connectivity index (χ0n) is 16.5. The van der Waals surface area contributed by atoms with Crippen LogP contribution in [-0.2, 0) is 17.8 Å². The maximum atomic E-state index is 13.3. The zero-order chi connectivity index (χ0) is 21.3. The minimum atomic E-state index is -0.544. The van der Waals surface area contributed by atoms with Crippen LogP contribution < -0.4 is 16.4 Å². The van der Waals surface area contributed by atoms with Gasteiger partial charge in [0.25, 0.3) is 17.0 Å². The predicted octanol–water partition coefficient (Wildman–Crippen LogP) is 2.25. The molecule has 0 spiro atoms. The molecule has 30 heavy (non-hydrogen) atoms. The topological polar surface area (TPSA) is 93.2 Å². The van der Waals surface area contributed by atoms with E-state index in [0.29, 0.717) is 35.2 Å². The van der Waals surface area contributed by atoms with Crippen LogP contribution in [0.25, 0.3) is 10.9 Å². The molecule has 156 valence electrons. The van der Waals surface area contributed by atoms with Crippen molar-refractivity contribution in [1.82, 2.24) is 14.9 Å². The van der Waals surface area contributed by atoms with Crippen molar-refractivity contribution in [2.45, 2.75) is 39.0 Å². The first kappa shape index (κ1) is 20.0. The Labute approximate surface area is 171 Å². The van der Waals surface area contributed by atoms with Crippen LogP contribution in [0.2, 0.25) is 0 Å². The summed E-state index contributed by atoms with van der Waals surface area (Å²) in [6.45, 7) is 2.73. The van der Waals surface area contributed by atoms with Crippen molar-refractivity contribution in [3.63, 3.8) is 0 Å². The number of H-pyrrole nitrogens is 1. The predicted molar refractivity (Wildman–Crippen MR) is 110 cm³/mol. The quantitative estimate of drug-likeness (QED) is 0.674. The van der Waals surface area contributed by atoms with Crippen LogP contribution in [-0.4, -0.2) is 28.2 Å². The van der Waals surface area contributed by atoms with Gasteiger partial charge in [0.1, 0.15) is 11.4 Å². The van der Waals surface area contributed by atoms with E-state index in [-0.39, 0.29) is 23.8 Å². The number of fused-ring (bicyclic) bond motifs is 1. The first-order chi connectivity index (χ1) is 14.4. The number of carbonyl (C=O) groups is 1. The summed E-state index contributed by atoms with van der Waals surface area (Å²) in [5, 5.41) is 3.31. The van der Waals surface area contributed by atoms with E-state index in [0.717, 1.165) is 12.8 Å². The normalized spacial score (nSPS) is 16.1. The summed E-state index contributed by atoms with van der Waals surface area (Å²) in [6, 6.07) is 7.41. The van der Waals surface area contributed by atoms with E-state index in [1.807, 2.05) is 0 Å². The Balaban J connectivity index is 1.55. The van der Waals surface area contributed by atoms with Gasteiger partial charge in [-0.25, -0.2) is 4.39 Å². The Bertz CT molecular complexity index is 1230. The second-order valence-corrected chi connectivity index (χ2v) is 7.50. The van der Waals surface area contributed by atoms with E-state index < -0.39 is 17.3 Å². The van der Waals surface area contributed by atoms with Gasteiger partial charge in [-0.05, 0) is 61.0 Å². The number of nitrogens with one attached hydrogen (secondary N) is 2. The largest absolute Gasteiger partial charge is 0.376 e. The third-order valence-corrected chi connectivity index (χ3v) is 5.35. The number of carbonyl (C=O) groups excluding carboxylic acids is 1. The standard InChI is InChI=1S/C22H22FN3O4/c1-13-6-7-26(12-17-3-2-8-30-17)22(29)19(13)21(28)24-11-15-9-14-4-5-16(23)10-18(14)25-20(15)27/h4-7,9-10,17H,2-3,8,11-12H2,1H3,(H,24,28)(H,25,27). The van der Waals surface area contributed by atoms with Crippen molar-refractivity contribution in [2.75, 3.05) is 6.61 Å². The molecule has 0 radical (unpaired) electrons. The van der Waals surface area contributed by atoms with Crippen molar-refractivity contribution in [1.29, 1.82) is 0 Å². The lowest BCUT2D eigenvalue weighted by atomic mass is 10.1. The van der Waals surface area contributed by atoms with Crippen LogP contribution in [0, 0.1) is 12.7 Å². The lowest BCUT2D eigenvalue weighted by Gasteiger charge is -2.14. The summed E-state index contributed by atoms with van der Waals surface area (Å²) in [5.41, 5.74) is 0.500. The van der Waals surface area contributed by atoms with E-state index in [1.165, 1.54) is 16.7 Å². The molecule has 1 atom stereocenters. The first-order valence-electron chi connectivity index (χ1n) is 9.83. The molecule has 2 aromatic heterocycles. The van der Waals surface area contributed by atoms with Gasteiger partial charge in [-0.1, -0.05) is 0 Å². The number of aromatic nitrogens is 2. The molecule has 8 heteroatoms. The summed E-state index contributed by atoms with van der Waals surface area (Å²) in [6.07, 6.45) is 3.49. The van der Waals surface area contributed by atoms with Gasteiger partial charge in [0.15, 0.2) is 0 Å². The van der Waals surface area contributed by atoms with Crippen LogP contribution in [0.15, 0.2) is 46.1 Å². The molecule has 1 aliphatic rings. The van der Waals surface area contributed by atoms with Gasteiger partial charge in [0.05, 0.1) is 18.2 Å². The highest BCUT2D eigenvalue weighted by Gasteiger charge is 2.20. The fraction of sp³-hybridized carbons (Fsp3) is 0.318. The minimum absolute atomic E-state index is 0.0256. The van der Waals surface area contributed by atoms with E-state index in [1.54, 1.807) is 31.3 Å². The Kier molecular flexibility index (Phi) is 5.50. The number of amides is 1. The summed E-state index contributed by atoms with van der Waals surface area (Å²) in [4.78, 5) is 40.5. The van der Waals surface area contributed by atoms with Crippen LogP contribution in [0.4, 0.5) is 4.39 Å². The average molecular weight is 411 g/mol. The summed E-state index contributed by atoms with van der Waals surface area (Å²) >= 11 is 0. The molecule has 1 aliphatic heterocycles. The average Bonchev–Trinajstić information content (AvgIpc) is 3.22. The van der Waals surface area contributed by atoms with Gasteiger partial charge >= 0.3 is 0 Å². The summed E-state index contributed by atoms with van der Waals surface area (Å²) in [5.74, 6) is -0.990. The van der Waals surface area contributed by atoms with Crippen LogP contribution in [0.1, 0.15) is 34.3 Å². The van der Waals surface area contributed by atoms with Crippen LogP contribution in [0.3, 0.4) is 0 Å². The number of hydrogen-bond donors (Lipinski definition) is 2. The lowest BCUT2D eigenvalue weighted by molar-refractivity contribution is 0.0928. The Morgan fingerprint density at radius 2 is 2.13 bits per heavy atom. The number of aromatic amines is 1. The number of halogens is 1. The fourth-order valence-corrected chi connectivity index (χ4v) is 3.71. The number of hydrogen-bond acceptors (Lipinski definition) is 4. The highest BCUT2D eigenvalue weighted by Crippen LogP contribution is 2.14. The molecular weight excluding hydrogens is 389 g/mol. The molecule has 7 nitrogen and oxygen atoms in total. The molecule has 3 aromatic rings. The number of ether oxygens (including phenoxy) is 1. The second kappa shape index (κ2) is 8.23. The molecule has 1 saturated heterocycles. The van der Waals surface area contributed by atoms with Gasteiger partial charge in [-0.3, -0.25) is 14.4 Å². The third-order valence-electron chi connectivity index (χ3n) is 5.35. The van der Waals surface area contributed by atoms with E-state index >= 15 is 0 Å². The van der Waals surface area contributed by atoms with Gasteiger partial charge in [0.2, 0.25) is 0 Å². The van der Waals surface area contributed by atoms with Crippen molar-refractivity contribution >= 4 is 16.8 Å². The fourth-order valence-electron chi connectivity index (χ4n) is 3.71. The molecule has 1 fully saturated rings. The Morgan fingerprint density at radius 3 is 2.90 bits per heavy atom. The molecule has 4 rings (SSSR count). The van der Waals surface area contributed by atoms with Crippen molar-refractivity contribution < 1.29 is 13.9 Å². The monoisotopic (exact) mass is 411 g/mol. The molecule has 0 saturated carbocycles. The SMILES string of the molecule is Cc1ccn(CC2CCCO2)c(=O)c1C(=O)NCc1cc2ccc(F)cc2[nH]c1=O. The van der Waals surface area contributed by atoms with E-state index in [4.69, 9.17) is 4.74 Å². The van der Waals surface area contributed by atoms with E-state index in [9.17, 15) is 18.8 Å². The van der Waals surface area contributed by atoms with Gasteiger partial charge in [-0.2, -0.15) is 0 Å². The number of pyridine rings is 2. The third kappa shape index (κ3) is 4.04. The van der Waals surface area contributed by atoms with Crippen LogP contribution in [0.5, 0.6) is 0 Å². The Morgan fingerprint density at radius 1 is 1.30 bits per heavy atom. The van der Waals surface area contributed by atoms with Crippen molar-refractivity contribution in [2.24, 2.45) is 0 Å². The minimum Gasteiger partial charge on any atom is -0.376 e. The molecule has 0 aliphatic carbocycles. The van der Waals surface area contributed by atoms with Crippen molar-refractivity contribution in [3.05, 3.63) is 79.7 Å². The number of aryl methyl sites for hydroxylation is 1. The van der Waals surface area contributed by atoms with Gasteiger partial charge in [-0.15, -0.1) is 0 Å². The summed E-state index contributed by atoms with van der Waals surface area (Å²) < 4.78 is 20.4. The molecule has 2 N–H and O–H groups in total. The van der Waals surface area contributed by atoms with Crippen molar-refractivity contribution in [3.8, 4) is 0 Å². The van der Waals surface area contributed by atoms with Gasteiger partial charge < -0.3 is 19.6 Å². The first-order valence-corrected chi connectivity index (χ1v) is 9.83. The van der Waals surface area contributed by atoms with E-state index in [2.05, 4.69) is 10.3 Å². The number of benzene rings is 1. The molecule has 0 bridgehead atoms. The Hall–Kier alpha value is -3.26. The molecule has 1 aromatic carbocycles. The van der Waals surface area contributed by atoms with Gasteiger partial charge in [0, 0.05) is 24.9 Å². The highest BCUT2D eigenvalue weighted by atomic mass is 19.1. The lowest BCUT2D eigenvalue weighted by Crippen LogP contribution is -2.36. The number of nitrogens with zero attached hydrogens (tertiary/aromatic N) is 1. The molecule has 1 unspecified atom stereocenters. The maximum Gasteiger partial charge on any atom is 0.263 e. The molecular formula is C22H22FN3O4. The van der Waals surface area contributed by atoms with Crippen LogP contribution >= 0.6 is 0 Å². The zero-order valence-corrected chi connectivity index (χ0v) is 16.5. The molecule has 3 heterocycles. The highest BCUT2D eigenvalue weighted by molar-refractivity contribution is 5.95. The summed E-state index contributed by atoms with van der Waals surface area (Å²) in [7, 11) is 0. The smallest absolute Gasteiger partial charge is 0.263 e. The maximum absolute atomic E-state index is 13.3. The number of rotatable bonds is 5. The molecule has 1 amide bonds.